The molecule has 84 valence electrons. The molecule has 2 heterocycles. The van der Waals surface area contributed by atoms with Gasteiger partial charge in [-0.05, 0) is 22.6 Å². The summed E-state index contributed by atoms with van der Waals surface area (Å²) in [6.07, 6.45) is 0. The Labute approximate surface area is 95.8 Å². The quantitative estimate of drug-likeness (QED) is 0.582. The van der Waals surface area contributed by atoms with Crippen molar-refractivity contribution in [3.05, 3.63) is 35.9 Å². The first-order chi connectivity index (χ1) is 8.31. The molecule has 0 unspecified atom stereocenters. The molecule has 0 saturated heterocycles. The van der Waals surface area contributed by atoms with Gasteiger partial charge >= 0.3 is 5.97 Å². The Morgan fingerprint density at radius 1 is 1.35 bits per heavy atom. The predicted octanol–water partition coefficient (Wildman–Crippen LogP) is 1.06. The lowest BCUT2D eigenvalue weighted by Crippen LogP contribution is -2.05. The number of para-hydroxylation sites is 1. The van der Waals surface area contributed by atoms with Gasteiger partial charge in [-0.1, -0.05) is 18.2 Å². The first-order valence-corrected chi connectivity index (χ1v) is 4.99. The van der Waals surface area contributed by atoms with Crippen molar-refractivity contribution in [1.29, 1.82) is 0 Å². The van der Waals surface area contributed by atoms with Gasteiger partial charge in [-0.25, -0.2) is 4.79 Å². The molecule has 0 radical (unpaired) electrons. The van der Waals surface area contributed by atoms with Crippen molar-refractivity contribution in [1.82, 2.24) is 20.0 Å². The number of esters is 1. The summed E-state index contributed by atoms with van der Waals surface area (Å²) in [7, 11) is 1.33. The van der Waals surface area contributed by atoms with Gasteiger partial charge in [0.05, 0.1) is 12.6 Å². The molecule has 0 fully saturated rings. The number of carbonyl (C=O) groups is 1. The van der Waals surface area contributed by atoms with Gasteiger partial charge in [-0.3, -0.25) is 0 Å². The highest BCUT2D eigenvalue weighted by Gasteiger charge is 2.15. The second kappa shape index (κ2) is 3.51. The minimum atomic E-state index is -0.449. The minimum Gasteiger partial charge on any atom is -0.465 e. The van der Waals surface area contributed by atoms with E-state index in [1.165, 1.54) is 11.6 Å². The van der Waals surface area contributed by atoms with Crippen LogP contribution >= 0.6 is 0 Å². The Bertz CT molecular complexity index is 720. The van der Waals surface area contributed by atoms with Crippen LogP contribution in [0.4, 0.5) is 0 Å². The molecule has 3 rings (SSSR count). The summed E-state index contributed by atoms with van der Waals surface area (Å²) in [6, 6.07) is 9.29. The minimum absolute atomic E-state index is 0.358. The number of hydrogen-bond donors (Lipinski definition) is 0. The number of carbonyl (C=O) groups excluding carboxylic acids is 1. The van der Waals surface area contributed by atoms with E-state index in [4.69, 9.17) is 4.74 Å². The van der Waals surface area contributed by atoms with E-state index in [2.05, 4.69) is 15.5 Å². The summed E-state index contributed by atoms with van der Waals surface area (Å²) in [5.74, 6) is -0.449. The van der Waals surface area contributed by atoms with Gasteiger partial charge in [0.25, 0.3) is 0 Å². The lowest BCUT2D eigenvalue weighted by Gasteiger charge is -2.04. The van der Waals surface area contributed by atoms with Crippen LogP contribution in [0.2, 0.25) is 0 Å². The molecule has 0 N–H and O–H groups in total. The molecule has 0 atom stereocenters. The van der Waals surface area contributed by atoms with Crippen LogP contribution in [0, 0.1) is 0 Å². The Morgan fingerprint density at radius 3 is 3.00 bits per heavy atom. The molecule has 3 aromatic rings. The van der Waals surface area contributed by atoms with E-state index in [1.807, 2.05) is 24.3 Å². The standard InChI is InChI=1S/C11H8N4O2/c1-17-11(16)8-6-7-4-2-3-5-9(7)15-10(8)12-13-14-15/h2-6H,1H3. The van der Waals surface area contributed by atoms with Crippen molar-refractivity contribution in [2.24, 2.45) is 0 Å². The van der Waals surface area contributed by atoms with Crippen LogP contribution in [-0.4, -0.2) is 33.1 Å². The van der Waals surface area contributed by atoms with E-state index in [1.54, 1.807) is 6.07 Å². The third kappa shape index (κ3) is 1.34. The maximum absolute atomic E-state index is 11.6. The summed E-state index contributed by atoms with van der Waals surface area (Å²) in [6.45, 7) is 0. The summed E-state index contributed by atoms with van der Waals surface area (Å²) in [5, 5.41) is 12.2. The van der Waals surface area contributed by atoms with Crippen molar-refractivity contribution >= 4 is 22.5 Å². The van der Waals surface area contributed by atoms with Gasteiger partial charge < -0.3 is 4.74 Å². The maximum Gasteiger partial charge on any atom is 0.341 e. The van der Waals surface area contributed by atoms with Crippen LogP contribution in [0.3, 0.4) is 0 Å². The molecule has 6 nitrogen and oxygen atoms in total. The molecule has 2 aromatic heterocycles. The summed E-state index contributed by atoms with van der Waals surface area (Å²) in [4.78, 5) is 11.6. The average Bonchev–Trinajstić information content (AvgIpc) is 2.86. The smallest absolute Gasteiger partial charge is 0.341 e. The van der Waals surface area contributed by atoms with Crippen LogP contribution in [0.1, 0.15) is 10.4 Å². The monoisotopic (exact) mass is 228 g/mol. The first-order valence-electron chi connectivity index (χ1n) is 4.99. The fourth-order valence-corrected chi connectivity index (χ4v) is 1.80. The molecule has 1 aromatic carbocycles. The van der Waals surface area contributed by atoms with Crippen molar-refractivity contribution in [3.63, 3.8) is 0 Å². The van der Waals surface area contributed by atoms with Crippen LogP contribution < -0.4 is 0 Å². The topological polar surface area (TPSA) is 69.4 Å². The van der Waals surface area contributed by atoms with Crippen molar-refractivity contribution < 1.29 is 9.53 Å². The fraction of sp³-hybridized carbons (Fsp3) is 0.0909. The Morgan fingerprint density at radius 2 is 2.18 bits per heavy atom. The van der Waals surface area contributed by atoms with Gasteiger partial charge in [-0.15, -0.1) is 5.10 Å². The lowest BCUT2D eigenvalue weighted by atomic mass is 10.1. The molecule has 0 aliphatic heterocycles. The molecular formula is C11H8N4O2. The highest BCUT2D eigenvalue weighted by atomic mass is 16.5. The van der Waals surface area contributed by atoms with Crippen LogP contribution in [0.25, 0.3) is 16.6 Å². The fourth-order valence-electron chi connectivity index (χ4n) is 1.80. The zero-order valence-corrected chi connectivity index (χ0v) is 8.99. The lowest BCUT2D eigenvalue weighted by molar-refractivity contribution is 0.0602. The van der Waals surface area contributed by atoms with Crippen molar-refractivity contribution in [2.45, 2.75) is 0 Å². The number of ether oxygens (including phenoxy) is 1. The summed E-state index contributed by atoms with van der Waals surface area (Å²) < 4.78 is 6.24. The number of fused-ring (bicyclic) bond motifs is 3. The third-order valence-corrected chi connectivity index (χ3v) is 2.58. The zero-order valence-electron chi connectivity index (χ0n) is 8.99. The van der Waals surface area contributed by atoms with Gasteiger partial charge in [0.15, 0.2) is 5.65 Å². The molecule has 0 amide bonds. The highest BCUT2D eigenvalue weighted by Crippen LogP contribution is 2.19. The normalized spacial score (nSPS) is 10.9. The second-order valence-electron chi connectivity index (χ2n) is 3.52. The molecule has 0 bridgehead atoms. The maximum atomic E-state index is 11.6. The molecule has 6 heteroatoms. The number of tetrazole rings is 1. The van der Waals surface area contributed by atoms with E-state index in [0.29, 0.717) is 11.2 Å². The van der Waals surface area contributed by atoms with E-state index >= 15 is 0 Å². The predicted molar refractivity (Wildman–Crippen MR) is 59.6 cm³/mol. The molecule has 0 aliphatic rings. The Kier molecular flexibility index (Phi) is 2.01. The number of aromatic nitrogens is 4. The Balaban J connectivity index is 2.48. The van der Waals surface area contributed by atoms with E-state index in [9.17, 15) is 4.79 Å². The SMILES string of the molecule is COC(=O)c1cc2ccccc2n2nnnc12. The molecule has 17 heavy (non-hydrogen) atoms. The number of rotatable bonds is 1. The molecule has 0 spiro atoms. The summed E-state index contributed by atoms with van der Waals surface area (Å²) >= 11 is 0. The number of nitrogens with zero attached hydrogens (tertiary/aromatic N) is 4. The van der Waals surface area contributed by atoms with E-state index < -0.39 is 5.97 Å². The Hall–Kier alpha value is -2.50. The van der Waals surface area contributed by atoms with Gasteiger partial charge in [0.2, 0.25) is 0 Å². The highest BCUT2D eigenvalue weighted by molar-refractivity contribution is 6.00. The number of benzene rings is 1. The van der Waals surface area contributed by atoms with E-state index in [-0.39, 0.29) is 0 Å². The first kappa shape index (κ1) is 9.71. The summed E-state index contributed by atoms with van der Waals surface area (Å²) in [5.41, 5.74) is 1.60. The molecular weight excluding hydrogens is 220 g/mol. The molecule has 0 saturated carbocycles. The number of methoxy groups -OCH3 is 1. The number of pyridine rings is 1. The van der Waals surface area contributed by atoms with Gasteiger partial charge in [0.1, 0.15) is 5.56 Å². The van der Waals surface area contributed by atoms with Crippen molar-refractivity contribution in [2.75, 3.05) is 7.11 Å². The second-order valence-corrected chi connectivity index (χ2v) is 3.52. The largest absolute Gasteiger partial charge is 0.465 e. The third-order valence-electron chi connectivity index (χ3n) is 2.58. The van der Waals surface area contributed by atoms with Crippen molar-refractivity contribution in [3.8, 4) is 0 Å². The van der Waals surface area contributed by atoms with Gasteiger partial charge in [0, 0.05) is 5.39 Å². The average molecular weight is 228 g/mol. The zero-order chi connectivity index (χ0) is 11.8. The van der Waals surface area contributed by atoms with Gasteiger partial charge in [-0.2, -0.15) is 4.52 Å². The van der Waals surface area contributed by atoms with E-state index in [0.717, 1.165) is 10.9 Å². The number of hydrogen-bond acceptors (Lipinski definition) is 5. The van der Waals surface area contributed by atoms with Crippen LogP contribution in [0.15, 0.2) is 30.3 Å². The van der Waals surface area contributed by atoms with Crippen LogP contribution in [0.5, 0.6) is 0 Å². The van der Waals surface area contributed by atoms with Crippen LogP contribution in [-0.2, 0) is 4.74 Å². The molecule has 0 aliphatic carbocycles.